The number of esters is 1. The second kappa shape index (κ2) is 39.9. The summed E-state index contributed by atoms with van der Waals surface area (Å²) in [6.07, 6.45) is 43.5. The van der Waals surface area contributed by atoms with Crippen molar-refractivity contribution in [2.45, 2.75) is 200 Å². The van der Waals surface area contributed by atoms with E-state index in [4.69, 9.17) is 13.8 Å². The van der Waals surface area contributed by atoms with E-state index in [0.29, 0.717) is 6.42 Å². The Labute approximate surface area is 324 Å². The number of carbonyl (C=O) groups excluding carboxylic acids is 2. The number of aliphatic hydroxyl groups is 1. The number of unbranched alkanes of at least 4 members (excludes halogenated alkanes) is 21. The topological polar surface area (TPSA) is 131 Å². The van der Waals surface area contributed by atoms with E-state index in [0.717, 1.165) is 70.6 Å². The Morgan fingerprint density at radius 3 is 1.57 bits per heavy atom. The number of carbonyl (C=O) groups is 2. The third-order valence-electron chi connectivity index (χ3n) is 9.04. The number of aliphatic hydroxyl groups excluding tert-OH is 1. The second-order valence-corrected chi connectivity index (χ2v) is 15.8. The fourth-order valence-electron chi connectivity index (χ4n) is 5.76. The summed E-state index contributed by atoms with van der Waals surface area (Å²) in [5, 5.41) is 12.7. The number of rotatable bonds is 40. The van der Waals surface area contributed by atoms with Crippen molar-refractivity contribution in [1.29, 1.82) is 0 Å². The Morgan fingerprint density at radius 1 is 0.585 bits per heavy atom. The van der Waals surface area contributed by atoms with E-state index in [2.05, 4.69) is 55.6 Å². The molecule has 0 aliphatic carbocycles. The van der Waals surface area contributed by atoms with Gasteiger partial charge in [-0.25, -0.2) is 4.57 Å². The van der Waals surface area contributed by atoms with E-state index in [1.807, 2.05) is 0 Å². The van der Waals surface area contributed by atoms with E-state index in [9.17, 15) is 24.2 Å². The number of allylic oxidation sites excluding steroid dienone is 6. The minimum absolute atomic E-state index is 0.0765. The highest BCUT2D eigenvalue weighted by atomic mass is 31.2. The standard InChI is InChI=1S/C43H80NO8P/c1-3-5-7-9-11-13-15-17-19-20-22-24-26-28-30-32-34-36-43(47)50-39-41(45)40-52-53(48,49)51-38-37-44-42(46)35-33-31-29-27-25-23-21-18-16-14-12-10-8-6-4-2/h11,13,17-19,21,41,45H,3-10,12,14-16,20,22-40H2,1-2H3,(H,44,46)(H,48,49)/b13-11-,19-17-,21-18-. The molecule has 10 heteroatoms. The summed E-state index contributed by atoms with van der Waals surface area (Å²) in [5.41, 5.74) is 0. The van der Waals surface area contributed by atoms with Crippen LogP contribution >= 0.6 is 7.82 Å². The number of amides is 1. The molecule has 0 radical (unpaired) electrons. The van der Waals surface area contributed by atoms with Gasteiger partial charge in [-0.15, -0.1) is 0 Å². The van der Waals surface area contributed by atoms with Gasteiger partial charge < -0.3 is 20.1 Å². The minimum atomic E-state index is -4.42. The molecule has 0 rings (SSSR count). The van der Waals surface area contributed by atoms with Crippen LogP contribution < -0.4 is 5.32 Å². The van der Waals surface area contributed by atoms with E-state index < -0.39 is 26.5 Å². The highest BCUT2D eigenvalue weighted by Gasteiger charge is 2.23. The molecule has 0 spiro atoms. The summed E-state index contributed by atoms with van der Waals surface area (Å²) in [6.45, 7) is 3.51. The van der Waals surface area contributed by atoms with Gasteiger partial charge in [0.25, 0.3) is 0 Å². The first-order valence-electron chi connectivity index (χ1n) is 21.5. The molecule has 0 heterocycles. The fourth-order valence-corrected chi connectivity index (χ4v) is 6.51. The third kappa shape index (κ3) is 41.2. The van der Waals surface area contributed by atoms with Gasteiger partial charge in [0.15, 0.2) is 0 Å². The van der Waals surface area contributed by atoms with Crippen molar-refractivity contribution in [2.75, 3.05) is 26.4 Å². The highest BCUT2D eigenvalue weighted by Crippen LogP contribution is 2.42. The van der Waals surface area contributed by atoms with Crippen molar-refractivity contribution in [2.24, 2.45) is 0 Å². The largest absolute Gasteiger partial charge is 0.472 e. The monoisotopic (exact) mass is 770 g/mol. The number of phosphoric acid groups is 1. The summed E-state index contributed by atoms with van der Waals surface area (Å²) in [5.74, 6) is -0.532. The Hall–Kier alpha value is -1.77. The van der Waals surface area contributed by atoms with Gasteiger partial charge in [0, 0.05) is 19.4 Å². The van der Waals surface area contributed by atoms with Crippen molar-refractivity contribution in [3.8, 4) is 0 Å². The number of ether oxygens (including phenoxy) is 1. The van der Waals surface area contributed by atoms with Crippen LogP contribution in [0.4, 0.5) is 0 Å². The van der Waals surface area contributed by atoms with Crippen LogP contribution in [-0.4, -0.2) is 54.3 Å². The van der Waals surface area contributed by atoms with Crippen molar-refractivity contribution in [1.82, 2.24) is 5.32 Å². The molecular formula is C43H80NO8P. The van der Waals surface area contributed by atoms with Crippen LogP contribution in [0.15, 0.2) is 36.5 Å². The van der Waals surface area contributed by atoms with Crippen molar-refractivity contribution >= 4 is 19.7 Å². The molecule has 9 nitrogen and oxygen atoms in total. The molecule has 0 aliphatic rings. The SMILES string of the molecule is CCCCC/C=C\C/C=C\CCCCCCCCCC(=O)OCC(O)COP(=O)(O)OCCNC(=O)CCCCCCC/C=C\CCCCCCCC. The minimum Gasteiger partial charge on any atom is -0.463 e. The smallest absolute Gasteiger partial charge is 0.463 e. The lowest BCUT2D eigenvalue weighted by atomic mass is 10.1. The average molecular weight is 770 g/mol. The van der Waals surface area contributed by atoms with Crippen LogP contribution in [0.5, 0.6) is 0 Å². The summed E-state index contributed by atoms with van der Waals surface area (Å²) in [4.78, 5) is 33.9. The second-order valence-electron chi connectivity index (χ2n) is 14.3. The molecule has 0 aromatic rings. The molecule has 0 aromatic carbocycles. The molecule has 53 heavy (non-hydrogen) atoms. The van der Waals surface area contributed by atoms with Crippen LogP contribution in [0.2, 0.25) is 0 Å². The van der Waals surface area contributed by atoms with Crippen molar-refractivity contribution in [3.05, 3.63) is 36.5 Å². The maximum Gasteiger partial charge on any atom is 0.472 e. The van der Waals surface area contributed by atoms with E-state index in [1.165, 1.54) is 96.3 Å². The predicted octanol–water partition coefficient (Wildman–Crippen LogP) is 11.8. The maximum absolute atomic E-state index is 12.1. The van der Waals surface area contributed by atoms with E-state index in [-0.39, 0.29) is 32.1 Å². The molecule has 2 atom stereocenters. The Morgan fingerprint density at radius 2 is 1.02 bits per heavy atom. The lowest BCUT2D eigenvalue weighted by Gasteiger charge is -2.15. The summed E-state index contributed by atoms with van der Waals surface area (Å²) in [7, 11) is -4.42. The molecule has 0 bridgehead atoms. The van der Waals surface area contributed by atoms with Crippen LogP contribution in [0.3, 0.4) is 0 Å². The Bertz CT molecular complexity index is 970. The number of phosphoric ester groups is 1. The molecular weight excluding hydrogens is 689 g/mol. The summed E-state index contributed by atoms with van der Waals surface area (Å²) < 4.78 is 26.8. The van der Waals surface area contributed by atoms with Gasteiger partial charge in [-0.2, -0.15) is 0 Å². The Kier molecular flexibility index (Phi) is 38.6. The molecule has 0 saturated heterocycles. The summed E-state index contributed by atoms with van der Waals surface area (Å²) >= 11 is 0. The third-order valence-corrected chi connectivity index (χ3v) is 10.0. The molecule has 310 valence electrons. The van der Waals surface area contributed by atoms with Crippen LogP contribution in [0, 0.1) is 0 Å². The Balaban J connectivity index is 3.62. The van der Waals surface area contributed by atoms with Gasteiger partial charge in [-0.3, -0.25) is 18.6 Å². The van der Waals surface area contributed by atoms with Crippen molar-refractivity contribution < 1.29 is 37.9 Å². The number of hydrogen-bond donors (Lipinski definition) is 3. The summed E-state index contributed by atoms with van der Waals surface area (Å²) in [6, 6.07) is 0. The number of hydrogen-bond acceptors (Lipinski definition) is 7. The zero-order chi connectivity index (χ0) is 38.9. The highest BCUT2D eigenvalue weighted by molar-refractivity contribution is 7.47. The maximum atomic E-state index is 12.1. The molecule has 1 amide bonds. The van der Waals surface area contributed by atoms with Crippen LogP contribution in [0.25, 0.3) is 0 Å². The van der Waals surface area contributed by atoms with Gasteiger partial charge in [0.05, 0.1) is 13.2 Å². The zero-order valence-electron chi connectivity index (χ0n) is 34.0. The molecule has 0 aliphatic heterocycles. The van der Waals surface area contributed by atoms with Crippen LogP contribution in [-0.2, 0) is 27.9 Å². The average Bonchev–Trinajstić information content (AvgIpc) is 3.14. The molecule has 3 N–H and O–H groups in total. The zero-order valence-corrected chi connectivity index (χ0v) is 34.9. The van der Waals surface area contributed by atoms with Gasteiger partial charge in [-0.05, 0) is 70.6 Å². The predicted molar refractivity (Wildman–Crippen MR) is 220 cm³/mol. The first-order chi connectivity index (χ1) is 25.8. The lowest BCUT2D eigenvalue weighted by molar-refractivity contribution is -0.147. The fraction of sp³-hybridized carbons (Fsp3) is 0.814. The van der Waals surface area contributed by atoms with Crippen LogP contribution in [0.1, 0.15) is 194 Å². The van der Waals surface area contributed by atoms with Crippen molar-refractivity contribution in [3.63, 3.8) is 0 Å². The van der Waals surface area contributed by atoms with E-state index in [1.54, 1.807) is 0 Å². The molecule has 0 saturated carbocycles. The molecule has 2 unspecified atom stereocenters. The van der Waals surface area contributed by atoms with Gasteiger partial charge in [0.2, 0.25) is 5.91 Å². The van der Waals surface area contributed by atoms with Gasteiger partial charge >= 0.3 is 13.8 Å². The number of nitrogens with one attached hydrogen (secondary N) is 1. The quantitative estimate of drug-likeness (QED) is 0.0243. The lowest BCUT2D eigenvalue weighted by Crippen LogP contribution is -2.27. The molecule has 0 aromatic heterocycles. The first kappa shape index (κ1) is 51.2. The normalized spacial score (nSPS) is 13.7. The van der Waals surface area contributed by atoms with E-state index >= 15 is 0 Å². The van der Waals surface area contributed by atoms with Gasteiger partial charge in [0.1, 0.15) is 12.7 Å². The van der Waals surface area contributed by atoms with Gasteiger partial charge in [-0.1, -0.05) is 147 Å². The molecule has 0 fully saturated rings. The first-order valence-corrected chi connectivity index (χ1v) is 23.0.